The van der Waals surface area contributed by atoms with Gasteiger partial charge in [0.2, 0.25) is 5.88 Å². The van der Waals surface area contributed by atoms with Crippen LogP contribution < -0.4 is 4.74 Å². The highest BCUT2D eigenvalue weighted by molar-refractivity contribution is 5.95. The minimum absolute atomic E-state index is 0.594. The van der Waals surface area contributed by atoms with Crippen molar-refractivity contribution in [3.8, 4) is 28.1 Å². The van der Waals surface area contributed by atoms with Gasteiger partial charge in [0.15, 0.2) is 0 Å². The number of aromatic amines is 1. The minimum Gasteiger partial charge on any atom is -0.481 e. The SMILES string of the molecule is COc1ccc2c(-c3ccn4ncc(-c5cnn(C)c5)c4c3)c[nH]c2n1. The molecule has 0 aliphatic carbocycles. The van der Waals surface area contributed by atoms with E-state index in [1.807, 2.05) is 54.7 Å². The topological polar surface area (TPSA) is 73.0 Å². The molecule has 0 bridgehead atoms. The Morgan fingerprint density at radius 2 is 1.96 bits per heavy atom. The summed E-state index contributed by atoms with van der Waals surface area (Å²) in [5.41, 5.74) is 6.13. The smallest absolute Gasteiger partial charge is 0.214 e. The Kier molecular flexibility index (Phi) is 3.08. The fourth-order valence-corrected chi connectivity index (χ4v) is 3.27. The Bertz CT molecular complexity index is 1250. The van der Waals surface area contributed by atoms with Crippen LogP contribution in [0.5, 0.6) is 5.88 Å². The molecule has 7 heteroatoms. The maximum Gasteiger partial charge on any atom is 0.214 e. The molecular formula is C19H16N6O. The number of methoxy groups -OCH3 is 1. The van der Waals surface area contributed by atoms with Crippen molar-refractivity contribution >= 4 is 16.6 Å². The van der Waals surface area contributed by atoms with E-state index in [-0.39, 0.29) is 0 Å². The molecule has 0 aliphatic heterocycles. The highest BCUT2D eigenvalue weighted by Crippen LogP contribution is 2.32. The maximum absolute atomic E-state index is 5.20. The predicted octanol–water partition coefficient (Wildman–Crippen LogP) is 3.29. The lowest BCUT2D eigenvalue weighted by Gasteiger charge is -2.03. The summed E-state index contributed by atoms with van der Waals surface area (Å²) in [6, 6.07) is 8.09. The van der Waals surface area contributed by atoms with Crippen LogP contribution in [0, 0.1) is 0 Å². The molecule has 0 fully saturated rings. The number of nitrogens with zero attached hydrogens (tertiary/aromatic N) is 5. The lowest BCUT2D eigenvalue weighted by Crippen LogP contribution is -1.88. The Hall–Kier alpha value is -3.61. The Balaban J connectivity index is 1.68. The fraction of sp³-hybridized carbons (Fsp3) is 0.105. The van der Waals surface area contributed by atoms with Crippen molar-refractivity contribution in [1.29, 1.82) is 0 Å². The molecule has 0 unspecified atom stereocenters. The highest BCUT2D eigenvalue weighted by Gasteiger charge is 2.12. The minimum atomic E-state index is 0.594. The number of hydrogen-bond acceptors (Lipinski definition) is 4. The van der Waals surface area contributed by atoms with Crippen LogP contribution in [0.3, 0.4) is 0 Å². The summed E-state index contributed by atoms with van der Waals surface area (Å²) in [5, 5.41) is 9.77. The van der Waals surface area contributed by atoms with Crippen molar-refractivity contribution in [3.05, 3.63) is 55.2 Å². The molecule has 0 aliphatic rings. The van der Waals surface area contributed by atoms with E-state index in [9.17, 15) is 0 Å². The molecule has 0 atom stereocenters. The van der Waals surface area contributed by atoms with Crippen molar-refractivity contribution in [1.82, 2.24) is 29.4 Å². The first-order valence-electron chi connectivity index (χ1n) is 8.22. The predicted molar refractivity (Wildman–Crippen MR) is 99.0 cm³/mol. The van der Waals surface area contributed by atoms with Crippen LogP contribution >= 0.6 is 0 Å². The first-order chi connectivity index (χ1) is 12.7. The third kappa shape index (κ3) is 2.17. The van der Waals surface area contributed by atoms with Crippen molar-refractivity contribution in [3.63, 3.8) is 0 Å². The van der Waals surface area contributed by atoms with Gasteiger partial charge < -0.3 is 9.72 Å². The summed E-state index contributed by atoms with van der Waals surface area (Å²) in [5.74, 6) is 0.594. The molecule has 26 heavy (non-hydrogen) atoms. The van der Waals surface area contributed by atoms with Gasteiger partial charge in [-0.1, -0.05) is 0 Å². The number of H-pyrrole nitrogens is 1. The lowest BCUT2D eigenvalue weighted by atomic mass is 10.0. The molecule has 5 heterocycles. The van der Waals surface area contributed by atoms with Gasteiger partial charge in [-0.25, -0.2) is 4.52 Å². The first kappa shape index (κ1) is 14.7. The standard InChI is InChI=1S/C19H16N6O/c1-24-11-13(8-21-24)16-10-22-25-6-5-12(7-17(16)25)15-9-20-19-14(15)3-4-18(23-19)26-2/h3-11H,1-2H3,(H,20,23). The normalized spacial score (nSPS) is 11.5. The molecule has 0 spiro atoms. The average molecular weight is 344 g/mol. The molecule has 128 valence electrons. The molecule has 0 saturated carbocycles. The van der Waals surface area contributed by atoms with Gasteiger partial charge in [0.1, 0.15) is 5.65 Å². The van der Waals surface area contributed by atoms with E-state index < -0.39 is 0 Å². The van der Waals surface area contributed by atoms with E-state index in [4.69, 9.17) is 4.74 Å². The van der Waals surface area contributed by atoms with Crippen LogP contribution in [0.2, 0.25) is 0 Å². The van der Waals surface area contributed by atoms with Crippen molar-refractivity contribution < 1.29 is 4.74 Å². The molecule has 0 saturated heterocycles. The summed E-state index contributed by atoms with van der Waals surface area (Å²) in [7, 11) is 3.53. The zero-order valence-electron chi connectivity index (χ0n) is 14.3. The van der Waals surface area contributed by atoms with E-state index in [1.165, 1.54) is 0 Å². The summed E-state index contributed by atoms with van der Waals surface area (Å²) in [6.07, 6.45) is 9.66. The van der Waals surface area contributed by atoms with E-state index in [0.717, 1.165) is 38.8 Å². The van der Waals surface area contributed by atoms with Gasteiger partial charge in [0, 0.05) is 53.8 Å². The van der Waals surface area contributed by atoms with Crippen LogP contribution in [0.4, 0.5) is 0 Å². The van der Waals surface area contributed by atoms with E-state index >= 15 is 0 Å². The number of nitrogens with one attached hydrogen (secondary N) is 1. The molecule has 0 radical (unpaired) electrons. The highest BCUT2D eigenvalue weighted by atomic mass is 16.5. The Morgan fingerprint density at radius 3 is 2.77 bits per heavy atom. The van der Waals surface area contributed by atoms with Crippen LogP contribution in [-0.4, -0.2) is 36.5 Å². The molecule has 0 aromatic carbocycles. The molecule has 5 aromatic heterocycles. The van der Waals surface area contributed by atoms with Crippen LogP contribution in [0.1, 0.15) is 0 Å². The third-order valence-corrected chi connectivity index (χ3v) is 4.57. The van der Waals surface area contributed by atoms with E-state index in [2.05, 4.69) is 32.3 Å². The largest absolute Gasteiger partial charge is 0.481 e. The van der Waals surface area contributed by atoms with Crippen molar-refractivity contribution in [2.45, 2.75) is 0 Å². The van der Waals surface area contributed by atoms with Gasteiger partial charge in [0.05, 0.1) is 25.0 Å². The number of pyridine rings is 2. The Labute approximate surface area is 148 Å². The molecular weight excluding hydrogens is 328 g/mol. The second-order valence-electron chi connectivity index (χ2n) is 6.16. The number of fused-ring (bicyclic) bond motifs is 2. The molecule has 0 amide bonds. The molecule has 1 N–H and O–H groups in total. The third-order valence-electron chi connectivity index (χ3n) is 4.57. The number of aromatic nitrogens is 6. The van der Waals surface area contributed by atoms with Gasteiger partial charge in [-0.3, -0.25) is 4.68 Å². The summed E-state index contributed by atoms with van der Waals surface area (Å²) >= 11 is 0. The molecule has 5 aromatic rings. The average Bonchev–Trinajstić information content (AvgIpc) is 3.37. The van der Waals surface area contributed by atoms with Gasteiger partial charge in [0.25, 0.3) is 0 Å². The first-order valence-corrected chi connectivity index (χ1v) is 8.22. The zero-order chi connectivity index (χ0) is 17.7. The van der Waals surface area contributed by atoms with Gasteiger partial charge in [-0.05, 0) is 23.8 Å². The molecule has 5 rings (SSSR count). The Morgan fingerprint density at radius 1 is 1.04 bits per heavy atom. The van der Waals surface area contributed by atoms with Crippen molar-refractivity contribution in [2.75, 3.05) is 7.11 Å². The van der Waals surface area contributed by atoms with E-state index in [0.29, 0.717) is 5.88 Å². The van der Waals surface area contributed by atoms with Gasteiger partial charge in [-0.2, -0.15) is 15.2 Å². The number of hydrogen-bond donors (Lipinski definition) is 1. The zero-order valence-corrected chi connectivity index (χ0v) is 14.3. The molecule has 7 nitrogen and oxygen atoms in total. The number of aryl methyl sites for hydroxylation is 1. The van der Waals surface area contributed by atoms with Crippen LogP contribution in [0.15, 0.2) is 55.2 Å². The lowest BCUT2D eigenvalue weighted by molar-refractivity contribution is 0.399. The van der Waals surface area contributed by atoms with Crippen molar-refractivity contribution in [2.24, 2.45) is 7.05 Å². The monoisotopic (exact) mass is 344 g/mol. The maximum atomic E-state index is 5.20. The van der Waals surface area contributed by atoms with Gasteiger partial charge >= 0.3 is 0 Å². The summed E-state index contributed by atoms with van der Waals surface area (Å²) in [4.78, 5) is 7.68. The second kappa shape index (κ2) is 5.45. The van der Waals surface area contributed by atoms with Crippen LogP contribution in [-0.2, 0) is 7.05 Å². The summed E-state index contributed by atoms with van der Waals surface area (Å²) in [6.45, 7) is 0. The van der Waals surface area contributed by atoms with Gasteiger partial charge in [-0.15, -0.1) is 0 Å². The second-order valence-corrected chi connectivity index (χ2v) is 6.16. The number of rotatable bonds is 3. The summed E-state index contributed by atoms with van der Waals surface area (Å²) < 4.78 is 8.87. The quantitative estimate of drug-likeness (QED) is 0.545. The fourth-order valence-electron chi connectivity index (χ4n) is 3.27. The van der Waals surface area contributed by atoms with E-state index in [1.54, 1.807) is 11.8 Å². The van der Waals surface area contributed by atoms with Crippen LogP contribution in [0.25, 0.3) is 38.8 Å². The number of ether oxygens (including phenoxy) is 1.